The van der Waals surface area contributed by atoms with E-state index in [4.69, 9.17) is 4.74 Å². The van der Waals surface area contributed by atoms with E-state index in [-0.39, 0.29) is 23.6 Å². The SMILES string of the molecule is CO[C@@H]1CCN(C(=O)c2ccncc2F)[C@@H]1Cc1ccccc1. The molecular formula is C18H19FN2O2. The molecule has 120 valence electrons. The zero-order chi connectivity index (χ0) is 16.2. The fourth-order valence-electron chi connectivity index (χ4n) is 3.15. The maximum Gasteiger partial charge on any atom is 0.257 e. The van der Waals surface area contributed by atoms with Crippen LogP contribution in [-0.4, -0.2) is 41.6 Å². The average molecular weight is 314 g/mol. The first-order valence-electron chi connectivity index (χ1n) is 7.68. The van der Waals surface area contributed by atoms with Crippen molar-refractivity contribution in [3.8, 4) is 0 Å². The molecule has 0 N–H and O–H groups in total. The summed E-state index contributed by atoms with van der Waals surface area (Å²) in [5.74, 6) is -0.887. The van der Waals surface area contributed by atoms with Crippen LogP contribution >= 0.6 is 0 Å². The lowest BCUT2D eigenvalue weighted by Gasteiger charge is -2.28. The molecule has 1 aliphatic heterocycles. The first kappa shape index (κ1) is 15.6. The Morgan fingerprint density at radius 1 is 1.35 bits per heavy atom. The molecule has 0 bridgehead atoms. The maximum atomic E-state index is 13.9. The number of carbonyl (C=O) groups is 1. The molecule has 1 fully saturated rings. The highest BCUT2D eigenvalue weighted by Crippen LogP contribution is 2.26. The van der Waals surface area contributed by atoms with E-state index in [9.17, 15) is 9.18 Å². The lowest BCUT2D eigenvalue weighted by atomic mass is 10.0. The van der Waals surface area contributed by atoms with E-state index in [0.717, 1.165) is 18.2 Å². The highest BCUT2D eigenvalue weighted by Gasteiger charge is 2.38. The van der Waals surface area contributed by atoms with E-state index in [1.807, 2.05) is 30.3 Å². The van der Waals surface area contributed by atoms with E-state index in [0.29, 0.717) is 13.0 Å². The molecule has 2 atom stereocenters. The number of ether oxygens (including phenoxy) is 1. The monoisotopic (exact) mass is 314 g/mol. The average Bonchev–Trinajstić information content (AvgIpc) is 2.98. The van der Waals surface area contributed by atoms with Crippen LogP contribution in [0.1, 0.15) is 22.3 Å². The van der Waals surface area contributed by atoms with Gasteiger partial charge in [-0.3, -0.25) is 9.78 Å². The summed E-state index contributed by atoms with van der Waals surface area (Å²) in [5.41, 5.74) is 1.20. The van der Waals surface area contributed by atoms with Gasteiger partial charge in [-0.05, 0) is 24.5 Å². The number of methoxy groups -OCH3 is 1. The number of pyridine rings is 1. The van der Waals surface area contributed by atoms with Gasteiger partial charge in [0, 0.05) is 19.9 Å². The standard InChI is InChI=1S/C18H19FN2O2/c1-23-17-8-10-21(16(17)11-13-5-3-2-4-6-13)18(22)14-7-9-20-12-15(14)19/h2-7,9,12,16-17H,8,10-11H2,1H3/t16-,17-/m1/s1. The topological polar surface area (TPSA) is 42.4 Å². The van der Waals surface area contributed by atoms with Gasteiger partial charge >= 0.3 is 0 Å². The molecule has 1 aromatic carbocycles. The van der Waals surface area contributed by atoms with Gasteiger partial charge in [0.2, 0.25) is 0 Å². The molecule has 5 heteroatoms. The van der Waals surface area contributed by atoms with Crippen molar-refractivity contribution in [3.05, 3.63) is 65.7 Å². The highest BCUT2D eigenvalue weighted by atomic mass is 19.1. The fraction of sp³-hybridized carbons (Fsp3) is 0.333. The molecule has 0 saturated carbocycles. The Kier molecular flexibility index (Phi) is 4.67. The van der Waals surface area contributed by atoms with Gasteiger partial charge < -0.3 is 9.64 Å². The molecule has 23 heavy (non-hydrogen) atoms. The first-order chi connectivity index (χ1) is 11.2. The number of rotatable bonds is 4. The van der Waals surface area contributed by atoms with E-state index in [1.165, 1.54) is 12.3 Å². The van der Waals surface area contributed by atoms with Crippen LogP contribution in [0.25, 0.3) is 0 Å². The molecule has 0 spiro atoms. The van der Waals surface area contributed by atoms with E-state index >= 15 is 0 Å². The molecule has 3 rings (SSSR count). The van der Waals surface area contributed by atoms with Gasteiger partial charge in [0.15, 0.2) is 5.82 Å². The Morgan fingerprint density at radius 3 is 2.83 bits per heavy atom. The van der Waals surface area contributed by atoms with Crippen molar-refractivity contribution >= 4 is 5.91 Å². The largest absolute Gasteiger partial charge is 0.379 e. The van der Waals surface area contributed by atoms with Crippen LogP contribution in [0.4, 0.5) is 4.39 Å². The smallest absolute Gasteiger partial charge is 0.257 e. The van der Waals surface area contributed by atoms with Crippen LogP contribution in [0.3, 0.4) is 0 Å². The van der Waals surface area contributed by atoms with Crippen molar-refractivity contribution in [2.45, 2.75) is 25.0 Å². The quantitative estimate of drug-likeness (QED) is 0.871. The van der Waals surface area contributed by atoms with E-state index in [1.54, 1.807) is 12.0 Å². The Labute approximate surface area is 134 Å². The Morgan fingerprint density at radius 2 is 2.13 bits per heavy atom. The number of aromatic nitrogens is 1. The predicted molar refractivity (Wildman–Crippen MR) is 84.6 cm³/mol. The summed E-state index contributed by atoms with van der Waals surface area (Å²) in [4.78, 5) is 18.2. The summed E-state index contributed by atoms with van der Waals surface area (Å²) < 4.78 is 19.4. The predicted octanol–water partition coefficient (Wildman–Crippen LogP) is 2.69. The van der Waals surface area contributed by atoms with Crippen molar-refractivity contribution in [2.75, 3.05) is 13.7 Å². The van der Waals surface area contributed by atoms with Crippen LogP contribution < -0.4 is 0 Å². The van der Waals surface area contributed by atoms with Crippen molar-refractivity contribution in [1.29, 1.82) is 0 Å². The third-order valence-electron chi connectivity index (χ3n) is 4.34. The second-order valence-corrected chi connectivity index (χ2v) is 5.67. The molecule has 1 aliphatic rings. The summed E-state index contributed by atoms with van der Waals surface area (Å²) in [7, 11) is 1.66. The summed E-state index contributed by atoms with van der Waals surface area (Å²) in [6.07, 6.45) is 3.92. The Bertz CT molecular complexity index is 678. The number of benzene rings is 1. The minimum absolute atomic E-state index is 0.0379. The summed E-state index contributed by atoms with van der Waals surface area (Å²) in [6, 6.07) is 11.3. The molecule has 4 nitrogen and oxygen atoms in total. The van der Waals surface area contributed by atoms with Crippen LogP contribution in [-0.2, 0) is 11.2 Å². The summed E-state index contributed by atoms with van der Waals surface area (Å²) >= 11 is 0. The molecule has 0 radical (unpaired) electrons. The van der Waals surface area contributed by atoms with Gasteiger partial charge in [-0.1, -0.05) is 30.3 Å². The van der Waals surface area contributed by atoms with Crippen LogP contribution in [0, 0.1) is 5.82 Å². The van der Waals surface area contributed by atoms with Crippen molar-refractivity contribution in [1.82, 2.24) is 9.88 Å². The number of carbonyl (C=O) groups excluding carboxylic acids is 1. The number of hydrogen-bond donors (Lipinski definition) is 0. The van der Waals surface area contributed by atoms with Gasteiger partial charge in [-0.2, -0.15) is 0 Å². The molecule has 0 aliphatic carbocycles. The van der Waals surface area contributed by atoms with E-state index in [2.05, 4.69) is 4.98 Å². The molecule has 0 unspecified atom stereocenters. The van der Waals surface area contributed by atoms with Crippen LogP contribution in [0.2, 0.25) is 0 Å². The molecule has 2 aromatic rings. The van der Waals surface area contributed by atoms with Gasteiger partial charge in [0.25, 0.3) is 5.91 Å². The van der Waals surface area contributed by atoms with Crippen molar-refractivity contribution in [3.63, 3.8) is 0 Å². The molecule has 2 heterocycles. The number of amides is 1. The second-order valence-electron chi connectivity index (χ2n) is 5.67. The fourth-order valence-corrected chi connectivity index (χ4v) is 3.15. The van der Waals surface area contributed by atoms with Gasteiger partial charge in [-0.15, -0.1) is 0 Å². The number of hydrogen-bond acceptors (Lipinski definition) is 3. The molecule has 1 saturated heterocycles. The molecule has 1 amide bonds. The Balaban J connectivity index is 1.85. The van der Waals surface area contributed by atoms with Crippen LogP contribution in [0.15, 0.2) is 48.8 Å². The lowest BCUT2D eigenvalue weighted by Crippen LogP contribution is -2.42. The maximum absolute atomic E-state index is 13.9. The first-order valence-corrected chi connectivity index (χ1v) is 7.68. The zero-order valence-corrected chi connectivity index (χ0v) is 13.0. The number of likely N-dealkylation sites (tertiary alicyclic amines) is 1. The Hall–Kier alpha value is -2.27. The normalized spacial score (nSPS) is 20.7. The van der Waals surface area contributed by atoms with Gasteiger partial charge in [0.1, 0.15) is 0 Å². The van der Waals surface area contributed by atoms with Crippen LogP contribution in [0.5, 0.6) is 0 Å². The minimum atomic E-state index is -0.586. The summed E-state index contributed by atoms with van der Waals surface area (Å²) in [6.45, 7) is 0.566. The second kappa shape index (κ2) is 6.87. The zero-order valence-electron chi connectivity index (χ0n) is 13.0. The van der Waals surface area contributed by atoms with Crippen molar-refractivity contribution < 1.29 is 13.9 Å². The molecular weight excluding hydrogens is 295 g/mol. The number of halogens is 1. The molecule has 1 aromatic heterocycles. The minimum Gasteiger partial charge on any atom is -0.379 e. The van der Waals surface area contributed by atoms with Gasteiger partial charge in [0.05, 0.1) is 23.9 Å². The van der Waals surface area contributed by atoms with Crippen molar-refractivity contribution in [2.24, 2.45) is 0 Å². The van der Waals surface area contributed by atoms with Gasteiger partial charge in [-0.25, -0.2) is 4.39 Å². The number of nitrogens with zero attached hydrogens (tertiary/aromatic N) is 2. The highest BCUT2D eigenvalue weighted by molar-refractivity contribution is 5.94. The lowest BCUT2D eigenvalue weighted by molar-refractivity contribution is 0.0505. The third-order valence-corrected chi connectivity index (χ3v) is 4.34. The summed E-state index contributed by atoms with van der Waals surface area (Å²) in [5, 5.41) is 0. The van der Waals surface area contributed by atoms with E-state index < -0.39 is 5.82 Å². The third kappa shape index (κ3) is 3.24.